The van der Waals surface area contributed by atoms with Crippen LogP contribution in [0.2, 0.25) is 5.02 Å². The van der Waals surface area contributed by atoms with Crippen LogP contribution in [0.4, 0.5) is 10.5 Å². The first-order valence-electron chi connectivity index (χ1n) is 6.14. The van der Waals surface area contributed by atoms with E-state index in [4.69, 9.17) is 11.6 Å². The Balaban J connectivity index is 1.96. The first-order valence-corrected chi connectivity index (χ1v) is 8.21. The van der Waals surface area contributed by atoms with Gasteiger partial charge in [-0.25, -0.2) is 4.90 Å². The summed E-state index contributed by atoms with van der Waals surface area (Å²) in [7, 11) is 0. The third-order valence-electron chi connectivity index (χ3n) is 3.02. The fourth-order valence-electron chi connectivity index (χ4n) is 1.96. The predicted octanol–water partition coefficient (Wildman–Crippen LogP) is 4.95. The summed E-state index contributed by atoms with van der Waals surface area (Å²) in [6.45, 7) is 1.98. The summed E-state index contributed by atoms with van der Waals surface area (Å²) in [6.07, 6.45) is 1.77. The van der Waals surface area contributed by atoms with Gasteiger partial charge in [-0.2, -0.15) is 0 Å². The molecule has 0 spiro atoms. The fourth-order valence-corrected chi connectivity index (χ4v) is 3.90. The Morgan fingerprint density at radius 1 is 1.24 bits per heavy atom. The van der Waals surface area contributed by atoms with Gasteiger partial charge in [0.15, 0.2) is 0 Å². The van der Waals surface area contributed by atoms with E-state index in [0.29, 0.717) is 15.6 Å². The molecule has 0 N–H and O–H groups in total. The lowest BCUT2D eigenvalue weighted by molar-refractivity contribution is -0.113. The van der Waals surface area contributed by atoms with Crippen molar-refractivity contribution in [2.75, 3.05) is 4.90 Å². The number of hydrogen-bond donors (Lipinski definition) is 0. The highest BCUT2D eigenvalue weighted by molar-refractivity contribution is 8.19. The number of aryl methyl sites for hydroxylation is 1. The van der Waals surface area contributed by atoms with Gasteiger partial charge in [0.2, 0.25) is 0 Å². The van der Waals surface area contributed by atoms with Crippen LogP contribution in [0.1, 0.15) is 10.4 Å². The van der Waals surface area contributed by atoms with Gasteiger partial charge in [0.05, 0.1) is 10.6 Å². The molecule has 1 aliphatic heterocycles. The molecule has 0 unspecified atom stereocenters. The van der Waals surface area contributed by atoms with Crippen molar-refractivity contribution in [2.45, 2.75) is 6.92 Å². The summed E-state index contributed by atoms with van der Waals surface area (Å²) in [5, 5.41) is 2.15. The minimum atomic E-state index is -0.305. The Kier molecular flexibility index (Phi) is 3.89. The van der Waals surface area contributed by atoms with Gasteiger partial charge in [0.1, 0.15) is 0 Å². The van der Waals surface area contributed by atoms with Gasteiger partial charge < -0.3 is 0 Å². The number of benzene rings is 1. The molecule has 6 heteroatoms. The van der Waals surface area contributed by atoms with E-state index < -0.39 is 0 Å². The Morgan fingerprint density at radius 2 is 2.05 bits per heavy atom. The van der Waals surface area contributed by atoms with E-state index in [1.807, 2.05) is 18.4 Å². The zero-order valence-corrected chi connectivity index (χ0v) is 13.4. The van der Waals surface area contributed by atoms with Gasteiger partial charge in [-0.15, -0.1) is 11.3 Å². The van der Waals surface area contributed by atoms with Crippen LogP contribution < -0.4 is 4.90 Å². The van der Waals surface area contributed by atoms with Crippen LogP contribution in [0.3, 0.4) is 0 Å². The molecule has 1 aromatic carbocycles. The third-order valence-corrected chi connectivity index (χ3v) is 5.09. The number of thiophene rings is 1. The lowest BCUT2D eigenvalue weighted by atomic mass is 10.2. The number of carbonyl (C=O) groups is 2. The average molecular weight is 336 g/mol. The minimum Gasteiger partial charge on any atom is -0.268 e. The number of thioether (sulfide) groups is 1. The van der Waals surface area contributed by atoms with Crippen LogP contribution in [0, 0.1) is 6.92 Å². The highest BCUT2D eigenvalue weighted by Crippen LogP contribution is 2.37. The SMILES string of the molecule is Cc1ccsc1/C=C1/SC(=O)N(c2cccc(Cl)c2)C1=O. The number of rotatable bonds is 2. The topological polar surface area (TPSA) is 37.4 Å². The number of hydrogen-bond acceptors (Lipinski definition) is 4. The molecule has 3 rings (SSSR count). The van der Waals surface area contributed by atoms with Crippen LogP contribution in [0.15, 0.2) is 40.6 Å². The highest BCUT2D eigenvalue weighted by Gasteiger charge is 2.36. The lowest BCUT2D eigenvalue weighted by Crippen LogP contribution is -2.27. The van der Waals surface area contributed by atoms with Gasteiger partial charge in [0, 0.05) is 9.90 Å². The number of imide groups is 1. The molecule has 0 aliphatic carbocycles. The molecule has 1 saturated heterocycles. The molecular formula is C15H10ClNO2S2. The van der Waals surface area contributed by atoms with Crippen molar-refractivity contribution in [3.05, 3.63) is 56.1 Å². The Bertz CT molecular complexity index is 767. The van der Waals surface area contributed by atoms with E-state index in [1.165, 1.54) is 0 Å². The van der Waals surface area contributed by atoms with Crippen LogP contribution in [-0.4, -0.2) is 11.1 Å². The summed E-state index contributed by atoms with van der Waals surface area (Å²) < 4.78 is 0. The molecule has 0 radical (unpaired) electrons. The van der Waals surface area contributed by atoms with Crippen molar-refractivity contribution >= 4 is 57.6 Å². The quantitative estimate of drug-likeness (QED) is 0.728. The summed E-state index contributed by atoms with van der Waals surface area (Å²) in [6, 6.07) is 8.71. The highest BCUT2D eigenvalue weighted by atomic mass is 35.5. The average Bonchev–Trinajstić information content (AvgIpc) is 2.95. The van der Waals surface area contributed by atoms with Gasteiger partial charge in [-0.05, 0) is 60.0 Å². The van der Waals surface area contributed by atoms with E-state index in [9.17, 15) is 9.59 Å². The zero-order chi connectivity index (χ0) is 15.0. The number of halogens is 1. The van der Waals surface area contributed by atoms with E-state index in [1.54, 1.807) is 41.7 Å². The summed E-state index contributed by atoms with van der Waals surface area (Å²) in [5.74, 6) is -0.305. The molecular weight excluding hydrogens is 326 g/mol. The van der Waals surface area contributed by atoms with Crippen LogP contribution in [-0.2, 0) is 4.79 Å². The molecule has 1 aromatic heterocycles. The second-order valence-electron chi connectivity index (χ2n) is 4.46. The number of nitrogens with zero attached hydrogens (tertiary/aromatic N) is 1. The summed E-state index contributed by atoms with van der Waals surface area (Å²) in [4.78, 5) is 27.1. The predicted molar refractivity (Wildman–Crippen MR) is 89.0 cm³/mol. The van der Waals surface area contributed by atoms with Crippen molar-refractivity contribution in [2.24, 2.45) is 0 Å². The summed E-state index contributed by atoms with van der Waals surface area (Å²) >= 11 is 8.42. The minimum absolute atomic E-state index is 0.303. The standard InChI is InChI=1S/C15H10ClNO2S2/c1-9-5-6-20-12(9)8-13-14(18)17(15(19)21-13)11-4-2-3-10(16)7-11/h2-8H,1H3/b13-8+. The maximum Gasteiger partial charge on any atom is 0.298 e. The monoisotopic (exact) mass is 335 g/mol. The smallest absolute Gasteiger partial charge is 0.268 e. The van der Waals surface area contributed by atoms with Crippen LogP contribution in [0.5, 0.6) is 0 Å². The van der Waals surface area contributed by atoms with Gasteiger partial charge >= 0.3 is 0 Å². The van der Waals surface area contributed by atoms with Crippen molar-refractivity contribution in [1.29, 1.82) is 0 Å². The maximum atomic E-state index is 12.4. The lowest BCUT2D eigenvalue weighted by Gasteiger charge is -2.12. The summed E-state index contributed by atoms with van der Waals surface area (Å²) in [5.41, 5.74) is 1.59. The van der Waals surface area contributed by atoms with Crippen molar-refractivity contribution in [3.63, 3.8) is 0 Å². The molecule has 2 amide bonds. The largest absolute Gasteiger partial charge is 0.298 e. The molecule has 2 aromatic rings. The maximum absolute atomic E-state index is 12.4. The molecule has 1 aliphatic rings. The van der Waals surface area contributed by atoms with Crippen molar-refractivity contribution in [1.82, 2.24) is 0 Å². The number of anilines is 1. The van der Waals surface area contributed by atoms with Gasteiger partial charge in [-0.1, -0.05) is 17.7 Å². The van der Waals surface area contributed by atoms with Crippen molar-refractivity contribution in [3.8, 4) is 0 Å². The molecule has 3 nitrogen and oxygen atoms in total. The fraction of sp³-hybridized carbons (Fsp3) is 0.0667. The Labute approximate surface area is 135 Å². The molecule has 106 valence electrons. The van der Waals surface area contributed by atoms with E-state index in [0.717, 1.165) is 27.1 Å². The first-order chi connectivity index (χ1) is 10.1. The molecule has 2 heterocycles. The third kappa shape index (κ3) is 2.77. The Hall–Kier alpha value is -1.56. The molecule has 1 fully saturated rings. The van der Waals surface area contributed by atoms with Crippen LogP contribution in [0.25, 0.3) is 6.08 Å². The molecule has 0 saturated carbocycles. The number of amides is 2. The van der Waals surface area contributed by atoms with E-state index >= 15 is 0 Å². The van der Waals surface area contributed by atoms with Gasteiger partial charge in [0.25, 0.3) is 11.1 Å². The normalized spacial score (nSPS) is 17.0. The second kappa shape index (κ2) is 5.67. The van der Waals surface area contributed by atoms with E-state index in [-0.39, 0.29) is 11.1 Å². The van der Waals surface area contributed by atoms with Crippen LogP contribution >= 0.6 is 34.7 Å². The van der Waals surface area contributed by atoms with Crippen molar-refractivity contribution < 1.29 is 9.59 Å². The Morgan fingerprint density at radius 3 is 2.71 bits per heavy atom. The second-order valence-corrected chi connectivity index (χ2v) is 6.84. The molecule has 21 heavy (non-hydrogen) atoms. The van der Waals surface area contributed by atoms with E-state index in [2.05, 4.69) is 0 Å². The molecule has 0 bridgehead atoms. The molecule has 0 atom stereocenters. The zero-order valence-electron chi connectivity index (χ0n) is 11.0. The van der Waals surface area contributed by atoms with Gasteiger partial charge in [-0.3, -0.25) is 9.59 Å². The number of carbonyl (C=O) groups excluding carboxylic acids is 2. The first kappa shape index (κ1) is 14.4.